The Morgan fingerprint density at radius 1 is 1.37 bits per heavy atom. The highest BCUT2D eigenvalue weighted by atomic mass is 32.1. The number of aromatic nitrogens is 1. The summed E-state index contributed by atoms with van der Waals surface area (Å²) in [7, 11) is 0. The Morgan fingerprint density at radius 2 is 2.11 bits per heavy atom. The van der Waals surface area contributed by atoms with Crippen molar-refractivity contribution in [1.29, 1.82) is 0 Å². The van der Waals surface area contributed by atoms with Gasteiger partial charge in [0.1, 0.15) is 5.54 Å². The predicted molar refractivity (Wildman–Crippen MR) is 73.5 cm³/mol. The molecule has 3 N–H and O–H groups in total. The van der Waals surface area contributed by atoms with Gasteiger partial charge in [0.2, 0.25) is 0 Å². The first-order chi connectivity index (χ1) is 8.88. The Labute approximate surface area is 113 Å². The molecule has 0 aliphatic heterocycles. The second kappa shape index (κ2) is 4.85. The minimum Gasteiger partial charge on any atom is -0.480 e. The molecule has 2 aromatic rings. The third kappa shape index (κ3) is 3.00. The highest BCUT2D eigenvalue weighted by Gasteiger charge is 2.28. The molecule has 0 unspecified atom stereocenters. The summed E-state index contributed by atoms with van der Waals surface area (Å²) in [5, 5.41) is 13.9. The van der Waals surface area contributed by atoms with Crippen molar-refractivity contribution in [3.63, 3.8) is 0 Å². The summed E-state index contributed by atoms with van der Waals surface area (Å²) < 4.78 is 0.954. The largest absolute Gasteiger partial charge is 0.480 e. The van der Waals surface area contributed by atoms with Crippen molar-refractivity contribution >= 4 is 39.2 Å². The van der Waals surface area contributed by atoms with Gasteiger partial charge in [0, 0.05) is 5.69 Å². The molecule has 0 radical (unpaired) electrons. The lowest BCUT2D eigenvalue weighted by Gasteiger charge is -2.21. The van der Waals surface area contributed by atoms with Crippen LogP contribution in [0, 0.1) is 0 Å². The van der Waals surface area contributed by atoms with Gasteiger partial charge in [-0.05, 0) is 32.0 Å². The van der Waals surface area contributed by atoms with Gasteiger partial charge >= 0.3 is 12.0 Å². The van der Waals surface area contributed by atoms with Crippen molar-refractivity contribution in [3.8, 4) is 0 Å². The molecule has 0 saturated heterocycles. The molecule has 100 valence electrons. The minimum absolute atomic E-state index is 0.559. The van der Waals surface area contributed by atoms with E-state index >= 15 is 0 Å². The van der Waals surface area contributed by atoms with Crippen LogP contribution in [-0.4, -0.2) is 27.6 Å². The Morgan fingerprint density at radius 3 is 2.79 bits per heavy atom. The molecule has 6 nitrogen and oxygen atoms in total. The SMILES string of the molecule is CC(C)(NC(=O)Nc1ccc2ncsc2c1)C(=O)O. The zero-order chi connectivity index (χ0) is 14.0. The normalized spacial score (nSPS) is 11.3. The molecule has 0 bridgehead atoms. The number of urea groups is 1. The van der Waals surface area contributed by atoms with Crippen molar-refractivity contribution in [1.82, 2.24) is 10.3 Å². The zero-order valence-corrected chi connectivity index (χ0v) is 11.2. The standard InChI is InChI=1S/C12H13N3O3S/c1-12(2,10(16)17)15-11(18)14-7-3-4-8-9(5-7)19-6-13-8/h3-6H,1-2H3,(H,16,17)(H2,14,15,18). The van der Waals surface area contributed by atoms with E-state index in [1.807, 2.05) is 0 Å². The maximum atomic E-state index is 11.7. The fourth-order valence-electron chi connectivity index (χ4n) is 1.43. The molecule has 0 saturated carbocycles. The Hall–Kier alpha value is -2.15. The van der Waals surface area contributed by atoms with Crippen molar-refractivity contribution in [3.05, 3.63) is 23.7 Å². The number of carboxylic acid groups (broad SMARTS) is 1. The predicted octanol–water partition coefficient (Wildman–Crippen LogP) is 2.28. The molecule has 1 heterocycles. The van der Waals surface area contributed by atoms with Crippen molar-refractivity contribution in [2.24, 2.45) is 0 Å². The fraction of sp³-hybridized carbons (Fsp3) is 0.250. The van der Waals surface area contributed by atoms with E-state index in [-0.39, 0.29) is 0 Å². The van der Waals surface area contributed by atoms with Crippen molar-refractivity contribution in [2.45, 2.75) is 19.4 Å². The molecule has 7 heteroatoms. The first kappa shape index (κ1) is 13.3. The van der Waals surface area contributed by atoms with E-state index in [1.165, 1.54) is 25.2 Å². The van der Waals surface area contributed by atoms with Crippen LogP contribution in [0.3, 0.4) is 0 Å². The number of carbonyl (C=O) groups is 2. The van der Waals surface area contributed by atoms with E-state index in [4.69, 9.17) is 5.11 Å². The summed E-state index contributed by atoms with van der Waals surface area (Å²) in [5.74, 6) is -1.10. The number of nitrogens with zero attached hydrogens (tertiary/aromatic N) is 1. The van der Waals surface area contributed by atoms with Crippen molar-refractivity contribution < 1.29 is 14.7 Å². The van der Waals surface area contributed by atoms with Gasteiger partial charge in [0.05, 0.1) is 15.7 Å². The van der Waals surface area contributed by atoms with Crippen LogP contribution >= 0.6 is 11.3 Å². The summed E-state index contributed by atoms with van der Waals surface area (Å²) >= 11 is 1.47. The lowest BCUT2D eigenvalue weighted by molar-refractivity contribution is -0.142. The van der Waals surface area contributed by atoms with E-state index in [2.05, 4.69) is 15.6 Å². The summed E-state index contributed by atoms with van der Waals surface area (Å²) in [4.78, 5) is 26.7. The first-order valence-corrected chi connectivity index (χ1v) is 6.42. The number of carboxylic acids is 1. The molecule has 0 fully saturated rings. The van der Waals surface area contributed by atoms with E-state index in [1.54, 1.807) is 23.7 Å². The second-order valence-electron chi connectivity index (χ2n) is 4.54. The molecule has 2 rings (SSSR count). The number of benzene rings is 1. The molecule has 0 aliphatic carbocycles. The van der Waals surface area contributed by atoms with Gasteiger partial charge in [-0.15, -0.1) is 11.3 Å². The number of anilines is 1. The molecule has 0 aliphatic rings. The average Bonchev–Trinajstić information content (AvgIpc) is 2.74. The Kier molecular flexibility index (Phi) is 3.39. The molecule has 0 spiro atoms. The van der Waals surface area contributed by atoms with Gasteiger partial charge in [-0.25, -0.2) is 14.6 Å². The maximum absolute atomic E-state index is 11.7. The molecular weight excluding hydrogens is 266 g/mol. The number of carbonyl (C=O) groups excluding carboxylic acids is 1. The molecule has 2 amide bonds. The van der Waals surface area contributed by atoms with Gasteiger partial charge in [-0.2, -0.15) is 0 Å². The van der Waals surface area contributed by atoms with Gasteiger partial charge in [-0.1, -0.05) is 0 Å². The number of fused-ring (bicyclic) bond motifs is 1. The number of nitrogens with one attached hydrogen (secondary N) is 2. The highest BCUT2D eigenvalue weighted by molar-refractivity contribution is 7.16. The van der Waals surface area contributed by atoms with E-state index in [9.17, 15) is 9.59 Å². The molecule has 19 heavy (non-hydrogen) atoms. The van der Waals surface area contributed by atoms with E-state index in [0.29, 0.717) is 5.69 Å². The Bertz CT molecular complexity index is 636. The minimum atomic E-state index is -1.32. The van der Waals surface area contributed by atoms with Gasteiger partial charge < -0.3 is 15.7 Å². The van der Waals surface area contributed by atoms with Crippen LogP contribution in [0.5, 0.6) is 0 Å². The number of hydrogen-bond donors (Lipinski definition) is 3. The summed E-state index contributed by atoms with van der Waals surface area (Å²) in [6.45, 7) is 2.84. The fourth-order valence-corrected chi connectivity index (χ4v) is 2.15. The Balaban J connectivity index is 2.08. The van der Waals surface area contributed by atoms with Crippen LogP contribution in [-0.2, 0) is 4.79 Å². The van der Waals surface area contributed by atoms with Gasteiger partial charge in [0.25, 0.3) is 0 Å². The monoisotopic (exact) mass is 279 g/mol. The average molecular weight is 279 g/mol. The zero-order valence-electron chi connectivity index (χ0n) is 10.4. The van der Waals surface area contributed by atoms with Crippen LogP contribution in [0.25, 0.3) is 10.2 Å². The van der Waals surface area contributed by atoms with Crippen LogP contribution in [0.15, 0.2) is 23.7 Å². The third-order valence-corrected chi connectivity index (χ3v) is 3.34. The lowest BCUT2D eigenvalue weighted by Crippen LogP contribution is -2.51. The maximum Gasteiger partial charge on any atom is 0.328 e. The lowest BCUT2D eigenvalue weighted by atomic mass is 10.1. The number of rotatable bonds is 3. The summed E-state index contributed by atoms with van der Waals surface area (Å²) in [6, 6.07) is 4.75. The first-order valence-electron chi connectivity index (χ1n) is 5.54. The summed E-state index contributed by atoms with van der Waals surface area (Å²) in [6.07, 6.45) is 0. The van der Waals surface area contributed by atoms with E-state index < -0.39 is 17.5 Å². The number of hydrogen-bond acceptors (Lipinski definition) is 4. The van der Waals surface area contributed by atoms with Crippen LogP contribution in [0.4, 0.5) is 10.5 Å². The summed E-state index contributed by atoms with van der Waals surface area (Å²) in [5.41, 5.74) is 1.86. The smallest absolute Gasteiger partial charge is 0.328 e. The highest BCUT2D eigenvalue weighted by Crippen LogP contribution is 2.21. The number of thiazole rings is 1. The van der Waals surface area contributed by atoms with E-state index in [0.717, 1.165) is 10.2 Å². The molecular formula is C12H13N3O3S. The molecule has 1 aromatic carbocycles. The molecule has 1 aromatic heterocycles. The van der Waals surface area contributed by atoms with Crippen LogP contribution in [0.2, 0.25) is 0 Å². The van der Waals surface area contributed by atoms with Crippen LogP contribution < -0.4 is 10.6 Å². The van der Waals surface area contributed by atoms with Crippen LogP contribution in [0.1, 0.15) is 13.8 Å². The quantitative estimate of drug-likeness (QED) is 0.803. The van der Waals surface area contributed by atoms with Gasteiger partial charge in [0.15, 0.2) is 0 Å². The van der Waals surface area contributed by atoms with Gasteiger partial charge in [-0.3, -0.25) is 0 Å². The third-order valence-electron chi connectivity index (χ3n) is 2.55. The second-order valence-corrected chi connectivity index (χ2v) is 5.43. The number of amides is 2. The molecule has 0 atom stereocenters. The van der Waals surface area contributed by atoms with Crippen molar-refractivity contribution in [2.75, 3.05) is 5.32 Å². The number of aliphatic carboxylic acids is 1. The topological polar surface area (TPSA) is 91.3 Å².